The molecule has 3 heterocycles. The molecule has 0 unspecified atom stereocenters. The van der Waals surface area contributed by atoms with Gasteiger partial charge in [0.1, 0.15) is 0 Å². The second-order valence-electron chi connectivity index (χ2n) is 9.17. The van der Waals surface area contributed by atoms with Crippen LogP contribution in [0.3, 0.4) is 0 Å². The molecule has 3 amide bonds. The number of pyridine rings is 1. The minimum absolute atomic E-state index is 0.107. The number of nitrogens with one attached hydrogen (secondary N) is 1. The molecule has 0 spiro atoms. The molecule has 7 nitrogen and oxygen atoms in total. The number of aryl methyl sites for hydroxylation is 1. The van der Waals surface area contributed by atoms with E-state index in [4.69, 9.17) is 0 Å². The molecule has 7 heteroatoms. The molecule has 2 fully saturated rings. The van der Waals surface area contributed by atoms with Crippen molar-refractivity contribution < 1.29 is 14.4 Å². The Bertz CT molecular complexity index is 1030. The highest BCUT2D eigenvalue weighted by atomic mass is 16.2. The van der Waals surface area contributed by atoms with Gasteiger partial charge in [-0.05, 0) is 67.7 Å². The zero-order valence-electron chi connectivity index (χ0n) is 19.4. The predicted octanol–water partition coefficient (Wildman–Crippen LogP) is 3.81. The Kier molecular flexibility index (Phi) is 7.06. The predicted molar refractivity (Wildman–Crippen MR) is 127 cm³/mol. The summed E-state index contributed by atoms with van der Waals surface area (Å²) in [5.41, 5.74) is 3.78. The summed E-state index contributed by atoms with van der Waals surface area (Å²) < 4.78 is 0. The van der Waals surface area contributed by atoms with E-state index in [-0.39, 0.29) is 11.9 Å². The number of likely N-dealkylation sites (tertiary alicyclic amines) is 2. The number of carbonyl (C=O) groups is 3. The first-order valence-corrected chi connectivity index (χ1v) is 11.8. The molecule has 174 valence electrons. The van der Waals surface area contributed by atoms with Crippen molar-refractivity contribution in [2.45, 2.75) is 57.9 Å². The summed E-state index contributed by atoms with van der Waals surface area (Å²) >= 11 is 0. The van der Waals surface area contributed by atoms with Crippen LogP contribution in [0.2, 0.25) is 0 Å². The van der Waals surface area contributed by atoms with E-state index in [1.807, 2.05) is 11.8 Å². The van der Waals surface area contributed by atoms with Crippen LogP contribution in [0.5, 0.6) is 0 Å². The largest absolute Gasteiger partial charge is 0.343 e. The van der Waals surface area contributed by atoms with Gasteiger partial charge in [-0.3, -0.25) is 19.4 Å². The third-order valence-corrected chi connectivity index (χ3v) is 6.80. The Hall–Kier alpha value is -3.22. The number of amides is 3. The van der Waals surface area contributed by atoms with Crippen LogP contribution in [0, 0.1) is 6.92 Å². The molecule has 2 aliphatic rings. The van der Waals surface area contributed by atoms with Crippen LogP contribution in [-0.2, 0) is 14.4 Å². The highest BCUT2D eigenvalue weighted by Gasteiger charge is 2.32. The second kappa shape index (κ2) is 10.1. The summed E-state index contributed by atoms with van der Waals surface area (Å²) in [5, 5.41) is 2.70. The smallest absolute Gasteiger partial charge is 0.313 e. The lowest BCUT2D eigenvalue weighted by atomic mass is 9.86. The monoisotopic (exact) mass is 448 g/mol. The Morgan fingerprint density at radius 2 is 1.73 bits per heavy atom. The van der Waals surface area contributed by atoms with E-state index in [2.05, 4.69) is 34.6 Å². The average Bonchev–Trinajstić information content (AvgIpc) is 2.83. The topological polar surface area (TPSA) is 82.6 Å². The molecule has 0 bridgehead atoms. The standard InChI is InChI=1S/C26H32N4O3/c1-18-14-23(17-27-16-18)28-25(32)26(33)30-11-4-3-8-24(30)22-7-5-6-21(15-22)20-9-12-29(13-10-20)19(2)31/h5-7,14-17,20,24H,3-4,8-13H2,1-2H3,(H,28,32)/t24-/m1/s1. The number of carbonyl (C=O) groups excluding carboxylic acids is 3. The van der Waals surface area contributed by atoms with E-state index in [0.717, 1.165) is 56.3 Å². The van der Waals surface area contributed by atoms with Crippen LogP contribution in [0.15, 0.2) is 42.7 Å². The van der Waals surface area contributed by atoms with Gasteiger partial charge in [0, 0.05) is 32.8 Å². The molecule has 33 heavy (non-hydrogen) atoms. The molecule has 2 saturated heterocycles. The number of hydrogen-bond acceptors (Lipinski definition) is 4. The summed E-state index contributed by atoms with van der Waals surface area (Å²) in [6.07, 6.45) is 7.91. The van der Waals surface area contributed by atoms with Crippen LogP contribution in [0.25, 0.3) is 0 Å². The third kappa shape index (κ3) is 5.41. The molecule has 1 atom stereocenters. The Morgan fingerprint density at radius 1 is 0.970 bits per heavy atom. The zero-order chi connectivity index (χ0) is 23.4. The maximum atomic E-state index is 13.1. The van der Waals surface area contributed by atoms with Crippen LogP contribution in [0.4, 0.5) is 5.69 Å². The quantitative estimate of drug-likeness (QED) is 0.724. The van der Waals surface area contributed by atoms with Gasteiger partial charge in [-0.1, -0.05) is 24.3 Å². The number of hydrogen-bond donors (Lipinski definition) is 1. The number of aromatic nitrogens is 1. The molecule has 4 rings (SSSR count). The SMILES string of the molecule is CC(=O)N1CCC(c2cccc([C@H]3CCCCN3C(=O)C(=O)Nc3cncc(C)c3)c2)CC1. The lowest BCUT2D eigenvalue weighted by Crippen LogP contribution is -2.44. The second-order valence-corrected chi connectivity index (χ2v) is 9.17. The number of rotatable bonds is 3. The highest BCUT2D eigenvalue weighted by molar-refractivity contribution is 6.39. The first-order valence-electron chi connectivity index (χ1n) is 11.8. The van der Waals surface area contributed by atoms with Gasteiger partial charge < -0.3 is 15.1 Å². The Morgan fingerprint density at radius 3 is 2.45 bits per heavy atom. The Balaban J connectivity index is 1.48. The molecular weight excluding hydrogens is 416 g/mol. The van der Waals surface area contributed by atoms with Crippen molar-refractivity contribution in [1.82, 2.24) is 14.8 Å². The minimum atomic E-state index is -0.623. The highest BCUT2D eigenvalue weighted by Crippen LogP contribution is 2.35. The zero-order valence-corrected chi connectivity index (χ0v) is 19.4. The number of nitrogens with zero attached hydrogens (tertiary/aromatic N) is 3. The van der Waals surface area contributed by atoms with Gasteiger partial charge in [-0.2, -0.15) is 0 Å². The summed E-state index contributed by atoms with van der Waals surface area (Å²) in [4.78, 5) is 45.2. The van der Waals surface area contributed by atoms with Crippen LogP contribution in [-0.4, -0.2) is 52.1 Å². The van der Waals surface area contributed by atoms with E-state index in [0.29, 0.717) is 18.2 Å². The van der Waals surface area contributed by atoms with E-state index in [1.54, 1.807) is 30.3 Å². The Labute approximate surface area is 195 Å². The summed E-state index contributed by atoms with van der Waals surface area (Å²) in [5.74, 6) is -0.577. The van der Waals surface area contributed by atoms with Crippen molar-refractivity contribution in [3.63, 3.8) is 0 Å². The van der Waals surface area contributed by atoms with Crippen LogP contribution in [0.1, 0.15) is 67.7 Å². The van der Waals surface area contributed by atoms with Gasteiger partial charge in [0.05, 0.1) is 17.9 Å². The van der Waals surface area contributed by atoms with Gasteiger partial charge in [0.2, 0.25) is 5.91 Å². The molecule has 1 N–H and O–H groups in total. The van der Waals surface area contributed by atoms with E-state index in [9.17, 15) is 14.4 Å². The molecule has 0 radical (unpaired) electrons. The maximum absolute atomic E-state index is 13.1. The van der Waals surface area contributed by atoms with Crippen molar-refractivity contribution in [3.8, 4) is 0 Å². The average molecular weight is 449 g/mol. The third-order valence-electron chi connectivity index (χ3n) is 6.80. The van der Waals surface area contributed by atoms with Gasteiger partial charge in [-0.25, -0.2) is 0 Å². The van der Waals surface area contributed by atoms with Gasteiger partial charge >= 0.3 is 11.8 Å². The lowest BCUT2D eigenvalue weighted by molar-refractivity contribution is -0.145. The summed E-state index contributed by atoms with van der Waals surface area (Å²) in [6, 6.07) is 10.2. The van der Waals surface area contributed by atoms with Crippen molar-refractivity contribution in [2.75, 3.05) is 25.0 Å². The number of piperidine rings is 2. The molecule has 0 aliphatic carbocycles. The fourth-order valence-corrected chi connectivity index (χ4v) is 5.01. The molecule has 2 aromatic rings. The molecule has 0 saturated carbocycles. The van der Waals surface area contributed by atoms with E-state index >= 15 is 0 Å². The first kappa shape index (κ1) is 23.0. The first-order chi connectivity index (χ1) is 15.9. The molecule has 1 aromatic carbocycles. The van der Waals surface area contributed by atoms with Gasteiger partial charge in [0.15, 0.2) is 0 Å². The molecular formula is C26H32N4O3. The molecule has 2 aliphatic heterocycles. The summed E-state index contributed by atoms with van der Waals surface area (Å²) in [7, 11) is 0. The van der Waals surface area contributed by atoms with Gasteiger partial charge in [-0.15, -0.1) is 0 Å². The van der Waals surface area contributed by atoms with Crippen molar-refractivity contribution in [3.05, 3.63) is 59.4 Å². The van der Waals surface area contributed by atoms with Gasteiger partial charge in [0.25, 0.3) is 0 Å². The normalized spacial score (nSPS) is 19.3. The fourth-order valence-electron chi connectivity index (χ4n) is 5.01. The van der Waals surface area contributed by atoms with Crippen LogP contribution >= 0.6 is 0 Å². The fraction of sp³-hybridized carbons (Fsp3) is 0.462. The van der Waals surface area contributed by atoms with Crippen molar-refractivity contribution >= 4 is 23.4 Å². The molecule has 1 aromatic heterocycles. The lowest BCUT2D eigenvalue weighted by Gasteiger charge is -2.36. The summed E-state index contributed by atoms with van der Waals surface area (Å²) in [6.45, 7) is 5.66. The van der Waals surface area contributed by atoms with Crippen LogP contribution < -0.4 is 5.32 Å². The van der Waals surface area contributed by atoms with Crippen molar-refractivity contribution in [2.24, 2.45) is 0 Å². The van der Waals surface area contributed by atoms with Crippen molar-refractivity contribution in [1.29, 1.82) is 0 Å². The number of anilines is 1. The maximum Gasteiger partial charge on any atom is 0.313 e. The minimum Gasteiger partial charge on any atom is -0.343 e. The van der Waals surface area contributed by atoms with E-state index in [1.165, 1.54) is 5.56 Å². The van der Waals surface area contributed by atoms with E-state index < -0.39 is 11.8 Å². The number of benzene rings is 1.